The topological polar surface area (TPSA) is 83.5 Å². The maximum absolute atomic E-state index is 10.9. The van der Waals surface area contributed by atoms with Gasteiger partial charge in [0.15, 0.2) is 0 Å². The quantitative estimate of drug-likeness (QED) is 0.238. The number of phenols is 1. The Morgan fingerprint density at radius 3 is 1.88 bits per heavy atom. The number of hydrogen-bond acceptors (Lipinski definition) is 3. The van der Waals surface area contributed by atoms with Crippen molar-refractivity contribution in [2.24, 2.45) is 5.92 Å². The first-order valence-electron chi connectivity index (χ1n) is 11.1. The summed E-state index contributed by atoms with van der Waals surface area (Å²) in [6, 6.07) is 20.1. The molecule has 4 heteroatoms. The fraction of sp³-hybridized carbons (Fsp3) is 0.276. The molecule has 3 aromatic rings. The van der Waals surface area contributed by atoms with Gasteiger partial charge in [0.2, 0.25) is 0 Å². The van der Waals surface area contributed by atoms with E-state index in [0.29, 0.717) is 17.2 Å². The number of carbonyl (C=O) groups is 1. The van der Waals surface area contributed by atoms with E-state index in [1.54, 1.807) is 36.4 Å². The Balaban J connectivity index is 0.000000323. The van der Waals surface area contributed by atoms with Gasteiger partial charge in [0, 0.05) is 5.69 Å². The summed E-state index contributed by atoms with van der Waals surface area (Å²) >= 11 is 0. The van der Waals surface area contributed by atoms with Crippen molar-refractivity contribution in [3.05, 3.63) is 94.5 Å². The molecule has 1 aliphatic carbocycles. The molecular formula is C29H33NO3. The third-order valence-corrected chi connectivity index (χ3v) is 7.12. The van der Waals surface area contributed by atoms with Crippen molar-refractivity contribution in [3.63, 3.8) is 0 Å². The van der Waals surface area contributed by atoms with Crippen molar-refractivity contribution in [2.45, 2.75) is 45.4 Å². The Kier molecular flexibility index (Phi) is 6.68. The molecule has 1 aliphatic rings. The molecule has 0 saturated heterocycles. The Bertz CT molecular complexity index is 1140. The van der Waals surface area contributed by atoms with Crippen molar-refractivity contribution >= 4 is 23.8 Å². The maximum atomic E-state index is 10.9. The Morgan fingerprint density at radius 2 is 1.33 bits per heavy atom. The number of anilines is 1. The minimum atomic E-state index is -0.895. The minimum Gasteiger partial charge on any atom is -0.508 e. The van der Waals surface area contributed by atoms with Crippen LogP contribution in [0.25, 0.3) is 12.2 Å². The average Bonchev–Trinajstić information content (AvgIpc) is 2.92. The van der Waals surface area contributed by atoms with Crippen molar-refractivity contribution < 1.29 is 15.0 Å². The van der Waals surface area contributed by atoms with Gasteiger partial charge in [-0.3, -0.25) is 0 Å². The van der Waals surface area contributed by atoms with Crippen molar-refractivity contribution in [1.29, 1.82) is 0 Å². The van der Waals surface area contributed by atoms with Crippen LogP contribution in [0.2, 0.25) is 0 Å². The van der Waals surface area contributed by atoms with Crippen LogP contribution in [-0.2, 0) is 10.8 Å². The third kappa shape index (κ3) is 5.11. The summed E-state index contributed by atoms with van der Waals surface area (Å²) in [6.07, 6.45) is 4.13. The number of nitrogen functional groups attached to an aromatic ring is 1. The molecule has 1 unspecified atom stereocenters. The molecule has 0 heterocycles. The molecule has 0 aliphatic heterocycles. The molecule has 0 aromatic heterocycles. The Morgan fingerprint density at radius 1 is 0.818 bits per heavy atom. The lowest BCUT2D eigenvalue weighted by molar-refractivity contribution is 0.0697. The Labute approximate surface area is 196 Å². The molecule has 4 nitrogen and oxygen atoms in total. The van der Waals surface area contributed by atoms with E-state index in [2.05, 4.69) is 58.9 Å². The molecule has 172 valence electrons. The van der Waals surface area contributed by atoms with Crippen molar-refractivity contribution in [3.8, 4) is 5.75 Å². The summed E-state index contributed by atoms with van der Waals surface area (Å²) in [5, 5.41) is 17.7. The van der Waals surface area contributed by atoms with Gasteiger partial charge < -0.3 is 15.9 Å². The molecule has 0 radical (unpaired) electrons. The first-order valence-corrected chi connectivity index (χ1v) is 11.1. The van der Waals surface area contributed by atoms with E-state index in [9.17, 15) is 4.79 Å². The number of carboxylic acid groups (broad SMARTS) is 1. The molecule has 33 heavy (non-hydrogen) atoms. The van der Waals surface area contributed by atoms with Gasteiger partial charge >= 0.3 is 5.97 Å². The highest BCUT2D eigenvalue weighted by Crippen LogP contribution is 2.53. The van der Waals surface area contributed by atoms with E-state index in [4.69, 9.17) is 15.9 Å². The highest BCUT2D eigenvalue weighted by molar-refractivity contribution is 5.88. The molecule has 1 atom stereocenters. The SMILES string of the molecule is CC1C(C)(C)c2ccc(C=Cc3ccc(C(=O)O)cc3)cc2C1(C)C.Nc1ccc(O)cc1. The summed E-state index contributed by atoms with van der Waals surface area (Å²) in [5.74, 6) is -0.0647. The number of hydrogen-bond donors (Lipinski definition) is 3. The van der Waals surface area contributed by atoms with Gasteiger partial charge in [-0.15, -0.1) is 0 Å². The second-order valence-corrected chi connectivity index (χ2v) is 9.82. The van der Waals surface area contributed by atoms with E-state index in [1.807, 2.05) is 18.2 Å². The van der Waals surface area contributed by atoms with E-state index < -0.39 is 5.97 Å². The zero-order valence-electron chi connectivity index (χ0n) is 20.0. The van der Waals surface area contributed by atoms with Crippen LogP contribution in [0.15, 0.2) is 66.7 Å². The maximum Gasteiger partial charge on any atom is 0.335 e. The molecule has 4 N–H and O–H groups in total. The summed E-state index contributed by atoms with van der Waals surface area (Å²) in [4.78, 5) is 10.9. The number of benzene rings is 3. The molecule has 0 fully saturated rings. The predicted molar refractivity (Wildman–Crippen MR) is 137 cm³/mol. The van der Waals surface area contributed by atoms with Crippen LogP contribution in [0.1, 0.15) is 67.2 Å². The van der Waals surface area contributed by atoms with E-state index >= 15 is 0 Å². The fourth-order valence-corrected chi connectivity index (χ4v) is 4.53. The zero-order chi connectivity index (χ0) is 24.4. The molecular weight excluding hydrogens is 410 g/mol. The number of fused-ring (bicyclic) bond motifs is 1. The number of aromatic hydroxyl groups is 1. The van der Waals surface area contributed by atoms with Crippen LogP contribution in [0.5, 0.6) is 5.75 Å². The predicted octanol–water partition coefficient (Wildman–Crippen LogP) is 6.73. The smallest absolute Gasteiger partial charge is 0.335 e. The van der Waals surface area contributed by atoms with Crippen molar-refractivity contribution in [1.82, 2.24) is 0 Å². The molecule has 4 rings (SSSR count). The van der Waals surface area contributed by atoms with Gasteiger partial charge in [-0.25, -0.2) is 4.79 Å². The lowest BCUT2D eigenvalue weighted by Crippen LogP contribution is -2.30. The number of phenolic OH excluding ortho intramolecular Hbond substituents is 1. The summed E-state index contributed by atoms with van der Waals surface area (Å²) in [5.41, 5.74) is 11.7. The molecule has 3 aromatic carbocycles. The van der Waals surface area contributed by atoms with Crippen LogP contribution >= 0.6 is 0 Å². The van der Waals surface area contributed by atoms with Crippen LogP contribution in [-0.4, -0.2) is 16.2 Å². The van der Waals surface area contributed by atoms with Crippen LogP contribution in [0.3, 0.4) is 0 Å². The lowest BCUT2D eigenvalue weighted by Gasteiger charge is -2.32. The Hall–Kier alpha value is -3.53. The first kappa shape index (κ1) is 24.1. The van der Waals surface area contributed by atoms with Crippen LogP contribution in [0.4, 0.5) is 5.69 Å². The molecule has 0 bridgehead atoms. The number of aromatic carboxylic acids is 1. The lowest BCUT2D eigenvalue weighted by atomic mass is 9.71. The van der Waals surface area contributed by atoms with Crippen LogP contribution < -0.4 is 5.73 Å². The van der Waals surface area contributed by atoms with E-state index in [-0.39, 0.29) is 16.6 Å². The van der Waals surface area contributed by atoms with E-state index in [0.717, 1.165) is 5.56 Å². The standard InChI is InChI=1S/C23H26O2.C6H7NO/c1-15-22(2,3)19-13-10-17(14-20(19)23(15,4)5)7-6-16-8-11-18(12-9-16)21(24)25;7-5-1-3-6(8)4-2-5/h6-15H,1-5H3,(H,24,25);1-4,8H,7H2. The van der Waals surface area contributed by atoms with Gasteiger partial charge in [-0.05, 0) is 75.4 Å². The molecule has 0 amide bonds. The summed E-state index contributed by atoms with van der Waals surface area (Å²) in [6.45, 7) is 11.7. The van der Waals surface area contributed by atoms with Gasteiger partial charge in [-0.1, -0.05) is 77.1 Å². The largest absolute Gasteiger partial charge is 0.508 e. The number of nitrogens with two attached hydrogens (primary N) is 1. The summed E-state index contributed by atoms with van der Waals surface area (Å²) < 4.78 is 0. The van der Waals surface area contributed by atoms with Gasteiger partial charge in [0.25, 0.3) is 0 Å². The van der Waals surface area contributed by atoms with Gasteiger partial charge in [-0.2, -0.15) is 0 Å². The molecule has 0 spiro atoms. The van der Waals surface area contributed by atoms with Crippen molar-refractivity contribution in [2.75, 3.05) is 5.73 Å². The van der Waals surface area contributed by atoms with Gasteiger partial charge in [0.1, 0.15) is 5.75 Å². The average molecular weight is 444 g/mol. The monoisotopic (exact) mass is 443 g/mol. The molecule has 0 saturated carbocycles. The third-order valence-electron chi connectivity index (χ3n) is 7.12. The van der Waals surface area contributed by atoms with Crippen LogP contribution in [0, 0.1) is 5.92 Å². The zero-order valence-corrected chi connectivity index (χ0v) is 20.0. The first-order chi connectivity index (χ1) is 15.4. The normalized spacial score (nSPS) is 17.8. The number of rotatable bonds is 3. The van der Waals surface area contributed by atoms with Gasteiger partial charge in [0.05, 0.1) is 5.56 Å². The van der Waals surface area contributed by atoms with E-state index in [1.165, 1.54) is 16.7 Å². The second-order valence-electron chi connectivity index (χ2n) is 9.82. The second kappa shape index (κ2) is 9.14. The number of carboxylic acids is 1. The summed E-state index contributed by atoms with van der Waals surface area (Å²) in [7, 11) is 0. The highest BCUT2D eigenvalue weighted by atomic mass is 16.4. The minimum absolute atomic E-state index is 0.159. The fourth-order valence-electron chi connectivity index (χ4n) is 4.53. The highest BCUT2D eigenvalue weighted by Gasteiger charge is 2.48.